The number of halogens is 1. The van der Waals surface area contributed by atoms with Crippen molar-refractivity contribution in [2.75, 3.05) is 19.0 Å². The minimum atomic E-state index is -1.07. The van der Waals surface area contributed by atoms with Gasteiger partial charge < -0.3 is 20.5 Å². The average molecular weight is 473 g/mol. The number of nitrogens with two attached hydrogens (primary N) is 1. The zero-order valence-electron chi connectivity index (χ0n) is 15.8. The number of rotatable bonds is 7. The number of imide groups is 1. The van der Waals surface area contributed by atoms with E-state index in [4.69, 9.17) is 20.5 Å². The Morgan fingerprint density at radius 2 is 1.93 bits per heavy atom. The second kappa shape index (κ2) is 10.6. The molecule has 0 saturated carbocycles. The standard InChI is InChI=1S/C20H17BrN4O5/c1-29-16-9-12(7-13(10-22)19(27)25-20(23)28)8-15(21)18(16)30-11-17(26)24-14-5-3-2-4-6-14/h2-9H,11H2,1H3,(H,24,26)(H3,23,25,27,28)/b13-7-. The second-order valence-corrected chi connectivity index (χ2v) is 6.58. The highest BCUT2D eigenvalue weighted by molar-refractivity contribution is 9.10. The largest absolute Gasteiger partial charge is 0.493 e. The Bertz CT molecular complexity index is 1030. The Morgan fingerprint density at radius 1 is 1.23 bits per heavy atom. The number of methoxy groups -OCH3 is 1. The molecule has 0 atom stereocenters. The lowest BCUT2D eigenvalue weighted by molar-refractivity contribution is -0.118. The van der Waals surface area contributed by atoms with Gasteiger partial charge in [0.2, 0.25) is 0 Å². The van der Waals surface area contributed by atoms with E-state index in [1.54, 1.807) is 36.4 Å². The maximum absolute atomic E-state index is 12.1. The number of nitrogens with one attached hydrogen (secondary N) is 2. The zero-order valence-corrected chi connectivity index (χ0v) is 17.4. The number of hydrogen-bond donors (Lipinski definition) is 3. The van der Waals surface area contributed by atoms with Crippen molar-refractivity contribution in [1.82, 2.24) is 5.32 Å². The Labute approximate surface area is 180 Å². The quantitative estimate of drug-likeness (QED) is 0.417. The molecule has 2 aromatic carbocycles. The van der Waals surface area contributed by atoms with E-state index < -0.39 is 11.9 Å². The molecule has 0 unspecified atom stereocenters. The van der Waals surface area contributed by atoms with Crippen LogP contribution in [0.2, 0.25) is 0 Å². The van der Waals surface area contributed by atoms with E-state index in [1.807, 2.05) is 11.4 Å². The molecule has 4 amide bonds. The number of hydrogen-bond acceptors (Lipinski definition) is 6. The summed E-state index contributed by atoms with van der Waals surface area (Å²) in [5.41, 5.74) is 5.60. The van der Waals surface area contributed by atoms with Crippen molar-refractivity contribution in [3.8, 4) is 17.6 Å². The van der Waals surface area contributed by atoms with Gasteiger partial charge in [0.05, 0.1) is 11.6 Å². The monoisotopic (exact) mass is 472 g/mol. The minimum absolute atomic E-state index is 0.260. The number of nitriles is 1. The van der Waals surface area contributed by atoms with Gasteiger partial charge in [0.25, 0.3) is 11.8 Å². The van der Waals surface area contributed by atoms with E-state index in [0.29, 0.717) is 15.7 Å². The maximum atomic E-state index is 12.1. The van der Waals surface area contributed by atoms with Crippen molar-refractivity contribution < 1.29 is 23.9 Å². The van der Waals surface area contributed by atoms with E-state index in [1.165, 1.54) is 19.3 Å². The lowest BCUT2D eigenvalue weighted by atomic mass is 10.1. The summed E-state index contributed by atoms with van der Waals surface area (Å²) in [4.78, 5) is 34.7. The molecule has 0 fully saturated rings. The van der Waals surface area contributed by atoms with Gasteiger partial charge in [-0.3, -0.25) is 14.9 Å². The number of carbonyl (C=O) groups excluding carboxylic acids is 3. The highest BCUT2D eigenvalue weighted by atomic mass is 79.9. The third kappa shape index (κ3) is 6.35. The normalized spacial score (nSPS) is 10.5. The first-order valence-electron chi connectivity index (χ1n) is 8.42. The van der Waals surface area contributed by atoms with Crippen LogP contribution in [0.3, 0.4) is 0 Å². The molecule has 154 valence electrons. The predicted molar refractivity (Wildman–Crippen MR) is 113 cm³/mol. The lowest BCUT2D eigenvalue weighted by Gasteiger charge is -2.14. The number of nitrogens with zero attached hydrogens (tertiary/aromatic N) is 1. The summed E-state index contributed by atoms with van der Waals surface area (Å²) in [6.07, 6.45) is 1.25. The third-order valence-electron chi connectivity index (χ3n) is 3.57. The van der Waals surface area contributed by atoms with Crippen molar-refractivity contribution in [1.29, 1.82) is 5.26 Å². The summed E-state index contributed by atoms with van der Waals surface area (Å²) in [6.45, 7) is -0.274. The molecule has 9 nitrogen and oxygen atoms in total. The molecular weight excluding hydrogens is 456 g/mol. The third-order valence-corrected chi connectivity index (χ3v) is 4.16. The maximum Gasteiger partial charge on any atom is 0.319 e. The molecule has 2 aromatic rings. The van der Waals surface area contributed by atoms with Crippen molar-refractivity contribution in [3.63, 3.8) is 0 Å². The Hall–Kier alpha value is -3.84. The van der Waals surface area contributed by atoms with Gasteiger partial charge in [-0.2, -0.15) is 5.26 Å². The number of anilines is 1. The van der Waals surface area contributed by atoms with E-state index in [-0.39, 0.29) is 29.6 Å². The van der Waals surface area contributed by atoms with Crippen LogP contribution in [0.15, 0.2) is 52.5 Å². The van der Waals surface area contributed by atoms with Crippen LogP contribution in [0.4, 0.5) is 10.5 Å². The first-order chi connectivity index (χ1) is 14.3. The highest BCUT2D eigenvalue weighted by Crippen LogP contribution is 2.37. The van der Waals surface area contributed by atoms with Crippen molar-refractivity contribution >= 4 is 45.5 Å². The van der Waals surface area contributed by atoms with Crippen LogP contribution < -0.4 is 25.8 Å². The van der Waals surface area contributed by atoms with Crippen LogP contribution in [-0.2, 0) is 9.59 Å². The number of ether oxygens (including phenoxy) is 2. The Morgan fingerprint density at radius 3 is 2.53 bits per heavy atom. The van der Waals surface area contributed by atoms with E-state index >= 15 is 0 Å². The number of amides is 4. The molecule has 0 aliphatic heterocycles. The van der Waals surface area contributed by atoms with Crippen LogP contribution in [0.5, 0.6) is 11.5 Å². The van der Waals surface area contributed by atoms with E-state index in [9.17, 15) is 14.4 Å². The molecule has 10 heteroatoms. The summed E-state index contributed by atoms with van der Waals surface area (Å²) in [5.74, 6) is -0.777. The smallest absolute Gasteiger partial charge is 0.319 e. The van der Waals surface area contributed by atoms with Gasteiger partial charge in [0.15, 0.2) is 18.1 Å². The molecule has 0 spiro atoms. The van der Waals surface area contributed by atoms with Crippen molar-refractivity contribution in [2.45, 2.75) is 0 Å². The summed E-state index contributed by atoms with van der Waals surface area (Å²) >= 11 is 3.32. The lowest BCUT2D eigenvalue weighted by Crippen LogP contribution is -2.35. The first kappa shape index (κ1) is 22.4. The number of urea groups is 1. The van der Waals surface area contributed by atoms with Crippen LogP contribution >= 0.6 is 15.9 Å². The molecular formula is C20H17BrN4O5. The van der Waals surface area contributed by atoms with Crippen LogP contribution in [-0.4, -0.2) is 31.6 Å². The second-order valence-electron chi connectivity index (χ2n) is 5.73. The molecule has 0 bridgehead atoms. The van der Waals surface area contributed by atoms with Gasteiger partial charge in [-0.05, 0) is 51.8 Å². The van der Waals surface area contributed by atoms with Gasteiger partial charge in [-0.25, -0.2) is 4.79 Å². The van der Waals surface area contributed by atoms with Crippen LogP contribution in [0.25, 0.3) is 6.08 Å². The molecule has 0 radical (unpaired) electrons. The number of primary amides is 1. The Balaban J connectivity index is 2.18. The number of benzene rings is 2. The van der Waals surface area contributed by atoms with Gasteiger partial charge >= 0.3 is 6.03 Å². The van der Waals surface area contributed by atoms with Gasteiger partial charge in [0.1, 0.15) is 11.6 Å². The highest BCUT2D eigenvalue weighted by Gasteiger charge is 2.15. The molecule has 4 N–H and O–H groups in total. The van der Waals surface area contributed by atoms with Crippen molar-refractivity contribution in [2.24, 2.45) is 5.73 Å². The van der Waals surface area contributed by atoms with Gasteiger partial charge in [0, 0.05) is 5.69 Å². The summed E-state index contributed by atoms with van der Waals surface area (Å²) in [5, 5.41) is 13.7. The van der Waals surface area contributed by atoms with Crippen molar-refractivity contribution in [3.05, 3.63) is 58.1 Å². The molecule has 0 aliphatic rings. The van der Waals surface area contributed by atoms with Gasteiger partial charge in [-0.15, -0.1) is 0 Å². The van der Waals surface area contributed by atoms with Crippen LogP contribution in [0, 0.1) is 11.3 Å². The molecule has 30 heavy (non-hydrogen) atoms. The van der Waals surface area contributed by atoms with Crippen LogP contribution in [0.1, 0.15) is 5.56 Å². The molecule has 0 aromatic heterocycles. The van der Waals surface area contributed by atoms with E-state index in [0.717, 1.165) is 0 Å². The fourth-order valence-electron chi connectivity index (χ4n) is 2.31. The summed E-state index contributed by atoms with van der Waals surface area (Å²) in [6, 6.07) is 12.6. The molecule has 0 saturated heterocycles. The SMILES string of the molecule is COc1cc(/C=C(/C#N)C(=O)NC(N)=O)cc(Br)c1OCC(=O)Nc1ccccc1. The fourth-order valence-corrected chi connectivity index (χ4v) is 2.89. The average Bonchev–Trinajstić information content (AvgIpc) is 2.70. The number of carbonyl (C=O) groups is 3. The topological polar surface area (TPSA) is 144 Å². The minimum Gasteiger partial charge on any atom is -0.493 e. The fraction of sp³-hybridized carbons (Fsp3) is 0.100. The molecule has 2 rings (SSSR count). The zero-order chi connectivity index (χ0) is 22.1. The van der Waals surface area contributed by atoms with Gasteiger partial charge in [-0.1, -0.05) is 18.2 Å². The first-order valence-corrected chi connectivity index (χ1v) is 9.21. The summed E-state index contributed by atoms with van der Waals surface area (Å²) in [7, 11) is 1.40. The van der Waals surface area contributed by atoms with E-state index in [2.05, 4.69) is 21.2 Å². The Kier molecular flexibility index (Phi) is 7.96. The molecule has 0 heterocycles. The molecule has 0 aliphatic carbocycles. The number of para-hydroxylation sites is 1. The predicted octanol–water partition coefficient (Wildman–Crippen LogP) is 2.58. The summed E-state index contributed by atoms with van der Waals surface area (Å²) < 4.78 is 11.3.